The van der Waals surface area contributed by atoms with E-state index in [2.05, 4.69) is 26.9 Å². The molecule has 0 aliphatic heterocycles. The number of nitrogen functional groups attached to an aromatic ring is 1. The third-order valence-electron chi connectivity index (χ3n) is 6.62. The Morgan fingerprint density at radius 1 is 0.714 bits per heavy atom. The Balaban J connectivity index is 1.27. The minimum absolute atomic E-state index is 0.186. The van der Waals surface area contributed by atoms with Crippen molar-refractivity contribution in [2.45, 2.75) is 116 Å². The van der Waals surface area contributed by atoms with E-state index in [1.807, 2.05) is 30.3 Å². The zero-order valence-electron chi connectivity index (χ0n) is 21.7. The highest BCUT2D eigenvalue weighted by molar-refractivity contribution is 5.77. The van der Waals surface area contributed by atoms with Gasteiger partial charge in [0.2, 0.25) is 11.8 Å². The van der Waals surface area contributed by atoms with Gasteiger partial charge in [-0.25, -0.2) is 4.98 Å². The number of aromatic nitrogens is 4. The average Bonchev–Trinajstić information content (AvgIpc) is 3.28. The fraction of sp³-hybridized carbons (Fsp3) is 0.621. The summed E-state index contributed by atoms with van der Waals surface area (Å²) in [6.45, 7) is 2.71. The van der Waals surface area contributed by atoms with Crippen molar-refractivity contribution in [3.63, 3.8) is 0 Å². The van der Waals surface area contributed by atoms with Crippen LogP contribution in [0.4, 0.5) is 5.95 Å². The molecule has 3 rings (SSSR count). The number of unbranched alkanes of at least 4 members (excludes halogenated alkanes) is 14. The summed E-state index contributed by atoms with van der Waals surface area (Å²) in [5.41, 5.74) is 8.27. The van der Waals surface area contributed by atoms with Gasteiger partial charge in [0.25, 0.3) is 0 Å². The van der Waals surface area contributed by atoms with E-state index < -0.39 is 0 Å². The molecule has 0 atom stereocenters. The normalized spacial score (nSPS) is 11.3. The Kier molecular flexibility index (Phi) is 12.4. The highest BCUT2D eigenvalue weighted by atomic mass is 16.5. The van der Waals surface area contributed by atoms with E-state index in [4.69, 9.17) is 10.5 Å². The molecule has 6 heteroatoms. The van der Waals surface area contributed by atoms with Crippen molar-refractivity contribution in [3.8, 4) is 5.88 Å². The van der Waals surface area contributed by atoms with Crippen molar-refractivity contribution in [3.05, 3.63) is 41.7 Å². The van der Waals surface area contributed by atoms with Gasteiger partial charge in [0, 0.05) is 6.42 Å². The summed E-state index contributed by atoms with van der Waals surface area (Å²) in [6.07, 6.45) is 21.4. The molecule has 0 saturated carbocycles. The van der Waals surface area contributed by atoms with Gasteiger partial charge in [0.1, 0.15) is 17.9 Å². The van der Waals surface area contributed by atoms with Crippen molar-refractivity contribution in [2.24, 2.45) is 0 Å². The maximum atomic E-state index is 5.93. The Bertz CT molecular complexity index is 956. The van der Waals surface area contributed by atoms with Crippen LogP contribution < -0.4 is 10.5 Å². The van der Waals surface area contributed by atoms with Crippen LogP contribution in [0.25, 0.3) is 11.2 Å². The topological polar surface area (TPSA) is 89.7 Å². The number of hydrogen-bond acceptors (Lipinski definition) is 5. The molecule has 2 heterocycles. The zero-order valence-corrected chi connectivity index (χ0v) is 21.7. The lowest BCUT2D eigenvalue weighted by molar-refractivity contribution is 0.297. The summed E-state index contributed by atoms with van der Waals surface area (Å²) < 4.78 is 5.93. The van der Waals surface area contributed by atoms with Crippen LogP contribution in [0, 0.1) is 0 Å². The molecule has 1 aromatic carbocycles. The molecule has 0 radical (unpaired) electrons. The number of nitrogens with one attached hydrogen (secondary N) is 1. The second-order valence-electron chi connectivity index (χ2n) is 9.74. The van der Waals surface area contributed by atoms with Gasteiger partial charge in [-0.05, 0) is 12.0 Å². The number of imidazole rings is 1. The van der Waals surface area contributed by atoms with Crippen LogP contribution in [0.1, 0.15) is 115 Å². The lowest BCUT2D eigenvalue weighted by Gasteiger charge is -2.06. The van der Waals surface area contributed by atoms with Crippen LogP contribution in [0.5, 0.6) is 5.88 Å². The molecule has 3 aromatic rings. The van der Waals surface area contributed by atoms with Gasteiger partial charge in [-0.3, -0.25) is 0 Å². The summed E-state index contributed by atoms with van der Waals surface area (Å²) >= 11 is 0. The maximum Gasteiger partial charge on any atom is 0.245 e. The van der Waals surface area contributed by atoms with Gasteiger partial charge in [-0.2, -0.15) is 9.97 Å². The molecule has 0 bridgehead atoms. The molecular formula is C29H45N5O. The molecule has 0 aliphatic carbocycles. The Morgan fingerprint density at radius 3 is 1.89 bits per heavy atom. The number of rotatable bonds is 19. The molecular weight excluding hydrogens is 434 g/mol. The molecule has 35 heavy (non-hydrogen) atoms. The summed E-state index contributed by atoms with van der Waals surface area (Å²) in [4.78, 5) is 16.5. The molecule has 3 N–H and O–H groups in total. The van der Waals surface area contributed by atoms with E-state index in [0.29, 0.717) is 18.1 Å². The van der Waals surface area contributed by atoms with Gasteiger partial charge >= 0.3 is 0 Å². The minimum Gasteiger partial charge on any atom is -0.471 e. The Labute approximate surface area is 211 Å². The number of aryl methyl sites for hydroxylation is 1. The minimum atomic E-state index is 0.186. The predicted molar refractivity (Wildman–Crippen MR) is 146 cm³/mol. The van der Waals surface area contributed by atoms with E-state index >= 15 is 0 Å². The van der Waals surface area contributed by atoms with Crippen molar-refractivity contribution < 1.29 is 4.74 Å². The van der Waals surface area contributed by atoms with E-state index in [0.717, 1.165) is 29.7 Å². The first-order valence-corrected chi connectivity index (χ1v) is 13.9. The monoisotopic (exact) mass is 479 g/mol. The lowest BCUT2D eigenvalue weighted by Crippen LogP contribution is -2.02. The summed E-state index contributed by atoms with van der Waals surface area (Å²) in [5, 5.41) is 0. The standard InChI is InChI=1S/C29H45N5O/c1-2-3-4-5-6-7-8-9-10-11-12-13-14-15-19-22-25-31-26-27(32-25)33-29(30)34-28(26)35-23-24-20-17-16-18-21-24/h16-18,20-21H,2-15,19,22-23H2,1H3,(H3,30,31,32,33,34). The molecule has 0 aliphatic rings. The first kappa shape index (κ1) is 27.0. The third kappa shape index (κ3) is 10.3. The van der Waals surface area contributed by atoms with E-state index in [9.17, 15) is 0 Å². The quantitative estimate of drug-likeness (QED) is 0.170. The van der Waals surface area contributed by atoms with Gasteiger partial charge < -0.3 is 15.5 Å². The number of nitrogens with zero attached hydrogens (tertiary/aromatic N) is 3. The molecule has 0 spiro atoms. The SMILES string of the molecule is CCCCCCCCCCCCCCCCCc1nc2nc(N)nc(OCc3ccccc3)c2[nH]1. The second-order valence-corrected chi connectivity index (χ2v) is 9.74. The van der Waals surface area contributed by atoms with E-state index in [1.165, 1.54) is 89.9 Å². The van der Waals surface area contributed by atoms with Crippen molar-refractivity contribution >= 4 is 17.1 Å². The number of fused-ring (bicyclic) bond motifs is 1. The van der Waals surface area contributed by atoms with E-state index in [-0.39, 0.29) is 5.95 Å². The van der Waals surface area contributed by atoms with Gasteiger partial charge in [0.05, 0.1) is 0 Å². The average molecular weight is 480 g/mol. The second kappa shape index (κ2) is 16.1. The number of ether oxygens (including phenoxy) is 1. The van der Waals surface area contributed by atoms with E-state index in [1.54, 1.807) is 0 Å². The highest BCUT2D eigenvalue weighted by Gasteiger charge is 2.13. The largest absolute Gasteiger partial charge is 0.471 e. The van der Waals surface area contributed by atoms with Gasteiger partial charge in [-0.1, -0.05) is 127 Å². The van der Waals surface area contributed by atoms with Crippen LogP contribution in [-0.2, 0) is 13.0 Å². The number of H-pyrrole nitrogens is 1. The molecule has 0 amide bonds. The highest BCUT2D eigenvalue weighted by Crippen LogP contribution is 2.23. The molecule has 192 valence electrons. The lowest BCUT2D eigenvalue weighted by atomic mass is 10.0. The fourth-order valence-electron chi connectivity index (χ4n) is 4.55. The first-order valence-electron chi connectivity index (χ1n) is 13.9. The summed E-state index contributed by atoms with van der Waals surface area (Å²) in [6, 6.07) is 10.0. The van der Waals surface area contributed by atoms with Crippen molar-refractivity contribution in [1.82, 2.24) is 19.9 Å². The van der Waals surface area contributed by atoms with Gasteiger partial charge in [0.15, 0.2) is 5.65 Å². The van der Waals surface area contributed by atoms with Crippen LogP contribution >= 0.6 is 0 Å². The molecule has 0 unspecified atom stereocenters. The molecule has 6 nitrogen and oxygen atoms in total. The zero-order chi connectivity index (χ0) is 24.6. The van der Waals surface area contributed by atoms with Crippen LogP contribution in [0.2, 0.25) is 0 Å². The number of hydrogen-bond donors (Lipinski definition) is 2. The first-order chi connectivity index (χ1) is 17.3. The molecule has 2 aromatic heterocycles. The number of benzene rings is 1. The molecule has 0 fully saturated rings. The predicted octanol–water partition coefficient (Wildman–Crippen LogP) is 7.93. The Hall–Kier alpha value is -2.63. The summed E-state index contributed by atoms with van der Waals surface area (Å²) in [5.74, 6) is 1.58. The van der Waals surface area contributed by atoms with Crippen molar-refractivity contribution in [1.29, 1.82) is 0 Å². The Morgan fingerprint density at radius 2 is 1.29 bits per heavy atom. The number of aromatic amines is 1. The van der Waals surface area contributed by atoms with Crippen LogP contribution in [-0.4, -0.2) is 19.9 Å². The van der Waals surface area contributed by atoms with Gasteiger partial charge in [-0.15, -0.1) is 0 Å². The van der Waals surface area contributed by atoms with Crippen LogP contribution in [0.15, 0.2) is 30.3 Å². The summed E-state index contributed by atoms with van der Waals surface area (Å²) in [7, 11) is 0. The smallest absolute Gasteiger partial charge is 0.245 e. The maximum absolute atomic E-state index is 5.93. The number of anilines is 1. The number of nitrogens with two attached hydrogens (primary N) is 1. The fourth-order valence-corrected chi connectivity index (χ4v) is 4.55. The van der Waals surface area contributed by atoms with Crippen molar-refractivity contribution in [2.75, 3.05) is 5.73 Å². The molecule has 0 saturated heterocycles. The van der Waals surface area contributed by atoms with Crippen LogP contribution in [0.3, 0.4) is 0 Å². The third-order valence-corrected chi connectivity index (χ3v) is 6.62.